The average molecular weight is 449 g/mol. The lowest BCUT2D eigenvalue weighted by Gasteiger charge is -2.01. The van der Waals surface area contributed by atoms with Crippen LogP contribution in [0.5, 0.6) is 0 Å². The van der Waals surface area contributed by atoms with Crippen LogP contribution in [0.1, 0.15) is 16.1 Å². The third kappa shape index (κ3) is 4.42. The van der Waals surface area contributed by atoms with E-state index < -0.39 is 4.92 Å². The van der Waals surface area contributed by atoms with Crippen molar-refractivity contribution < 1.29 is 14.1 Å². The van der Waals surface area contributed by atoms with E-state index in [2.05, 4.69) is 26.5 Å². The van der Waals surface area contributed by atoms with Gasteiger partial charge in [-0.15, -0.1) is 0 Å². The van der Waals surface area contributed by atoms with Crippen LogP contribution < -0.4 is 5.43 Å². The summed E-state index contributed by atoms with van der Waals surface area (Å²) in [6.07, 6.45) is 1.34. The molecule has 0 bridgehead atoms. The Morgan fingerprint density at radius 1 is 1.22 bits per heavy atom. The van der Waals surface area contributed by atoms with Gasteiger partial charge in [-0.05, 0) is 46.3 Å². The molecule has 0 saturated heterocycles. The first-order valence-electron chi connectivity index (χ1n) is 7.58. The van der Waals surface area contributed by atoms with Crippen LogP contribution >= 0.6 is 27.5 Å². The van der Waals surface area contributed by atoms with Crippen LogP contribution in [0.15, 0.2) is 68.6 Å². The van der Waals surface area contributed by atoms with Gasteiger partial charge in [0.1, 0.15) is 11.5 Å². The number of nitrogens with one attached hydrogen (secondary N) is 1. The summed E-state index contributed by atoms with van der Waals surface area (Å²) in [5, 5.41) is 14.8. The van der Waals surface area contributed by atoms with Crippen molar-refractivity contribution in [1.29, 1.82) is 0 Å². The fourth-order valence-corrected chi connectivity index (χ4v) is 2.98. The van der Waals surface area contributed by atoms with E-state index in [1.165, 1.54) is 24.4 Å². The predicted octanol–water partition coefficient (Wildman–Crippen LogP) is 5.03. The molecule has 1 aromatic heterocycles. The summed E-state index contributed by atoms with van der Waals surface area (Å²) in [5.41, 5.74) is 3.27. The first-order chi connectivity index (χ1) is 13.0. The number of nitrogens with zero attached hydrogens (tertiary/aromatic N) is 2. The summed E-state index contributed by atoms with van der Waals surface area (Å²) < 4.78 is 6.26. The number of hydrazone groups is 1. The fraction of sp³-hybridized carbons (Fsp3) is 0. The Morgan fingerprint density at radius 2 is 2.00 bits per heavy atom. The number of benzene rings is 2. The van der Waals surface area contributed by atoms with Gasteiger partial charge in [0, 0.05) is 22.2 Å². The van der Waals surface area contributed by atoms with Crippen molar-refractivity contribution in [3.05, 3.63) is 85.5 Å². The van der Waals surface area contributed by atoms with E-state index in [0.717, 1.165) is 0 Å². The molecule has 2 aromatic carbocycles. The highest BCUT2D eigenvalue weighted by atomic mass is 79.9. The molecular weight excluding hydrogens is 438 g/mol. The second kappa shape index (κ2) is 8.15. The molecule has 7 nitrogen and oxygen atoms in total. The number of furan rings is 1. The second-order valence-electron chi connectivity index (χ2n) is 5.30. The lowest BCUT2D eigenvalue weighted by atomic mass is 10.1. The van der Waals surface area contributed by atoms with Crippen LogP contribution in [0.2, 0.25) is 5.02 Å². The van der Waals surface area contributed by atoms with Crippen LogP contribution in [-0.2, 0) is 0 Å². The van der Waals surface area contributed by atoms with E-state index in [-0.39, 0.29) is 16.6 Å². The summed E-state index contributed by atoms with van der Waals surface area (Å²) in [6.45, 7) is 0. The van der Waals surface area contributed by atoms with Gasteiger partial charge >= 0.3 is 0 Å². The normalized spacial score (nSPS) is 10.9. The molecule has 1 heterocycles. The lowest BCUT2D eigenvalue weighted by molar-refractivity contribution is -0.384. The summed E-state index contributed by atoms with van der Waals surface area (Å²) in [5.74, 6) is 0.434. The van der Waals surface area contributed by atoms with E-state index in [4.69, 9.17) is 16.0 Å². The molecule has 0 spiro atoms. The van der Waals surface area contributed by atoms with Gasteiger partial charge in [0.05, 0.1) is 21.7 Å². The Hall–Kier alpha value is -2.97. The Morgan fingerprint density at radius 3 is 2.70 bits per heavy atom. The molecule has 0 aliphatic rings. The molecule has 27 heavy (non-hydrogen) atoms. The maximum Gasteiger partial charge on any atom is 0.272 e. The van der Waals surface area contributed by atoms with Crippen LogP contribution in [-0.4, -0.2) is 17.0 Å². The van der Waals surface area contributed by atoms with Crippen molar-refractivity contribution in [2.45, 2.75) is 0 Å². The van der Waals surface area contributed by atoms with Gasteiger partial charge in [-0.1, -0.05) is 23.7 Å². The zero-order valence-corrected chi connectivity index (χ0v) is 15.9. The Labute approximate surface area is 166 Å². The zero-order chi connectivity index (χ0) is 19.4. The Kier molecular flexibility index (Phi) is 5.68. The Bertz CT molecular complexity index is 1050. The summed E-state index contributed by atoms with van der Waals surface area (Å²) in [6, 6.07) is 14.4. The number of non-ortho nitro benzene ring substituents is 1. The zero-order valence-electron chi connectivity index (χ0n) is 13.6. The number of nitro groups is 1. The maximum atomic E-state index is 12.1. The van der Waals surface area contributed by atoms with Gasteiger partial charge in [0.15, 0.2) is 0 Å². The van der Waals surface area contributed by atoms with Crippen LogP contribution in [0.4, 0.5) is 5.69 Å². The molecule has 0 atom stereocenters. The average Bonchev–Trinajstić information content (AvgIpc) is 3.10. The lowest BCUT2D eigenvalue weighted by Crippen LogP contribution is -2.17. The number of halogens is 2. The molecule has 0 radical (unpaired) electrons. The first kappa shape index (κ1) is 18.8. The highest BCUT2D eigenvalue weighted by molar-refractivity contribution is 9.10. The molecule has 3 aromatic rings. The van der Waals surface area contributed by atoms with Crippen molar-refractivity contribution in [2.75, 3.05) is 0 Å². The van der Waals surface area contributed by atoms with Gasteiger partial charge in [0.2, 0.25) is 0 Å². The molecule has 0 saturated carbocycles. The molecule has 1 amide bonds. The van der Waals surface area contributed by atoms with E-state index in [1.807, 2.05) is 0 Å². The van der Waals surface area contributed by atoms with Gasteiger partial charge in [-0.25, -0.2) is 5.43 Å². The highest BCUT2D eigenvalue weighted by Gasteiger charge is 2.13. The predicted molar refractivity (Wildman–Crippen MR) is 105 cm³/mol. The minimum absolute atomic E-state index is 0.105. The van der Waals surface area contributed by atoms with Crippen LogP contribution in [0.3, 0.4) is 0 Å². The van der Waals surface area contributed by atoms with Crippen molar-refractivity contribution in [1.82, 2.24) is 5.43 Å². The van der Waals surface area contributed by atoms with Gasteiger partial charge in [0.25, 0.3) is 11.6 Å². The summed E-state index contributed by atoms with van der Waals surface area (Å²) in [4.78, 5) is 22.3. The summed E-state index contributed by atoms with van der Waals surface area (Å²) >= 11 is 9.38. The number of hydrogen-bond acceptors (Lipinski definition) is 5. The number of nitro benzene ring substituents is 1. The topological polar surface area (TPSA) is 97.7 Å². The molecular formula is C18H11BrClN3O4. The summed E-state index contributed by atoms with van der Waals surface area (Å²) in [7, 11) is 0. The minimum atomic E-state index is -0.524. The molecule has 0 unspecified atom stereocenters. The van der Waals surface area contributed by atoms with E-state index in [9.17, 15) is 14.9 Å². The third-order valence-corrected chi connectivity index (χ3v) is 4.54. The van der Waals surface area contributed by atoms with E-state index in [1.54, 1.807) is 36.4 Å². The molecule has 0 aliphatic heterocycles. The number of amides is 1. The van der Waals surface area contributed by atoms with Gasteiger partial charge in [-0.3, -0.25) is 14.9 Å². The highest BCUT2D eigenvalue weighted by Crippen LogP contribution is 2.32. The molecule has 3 rings (SSSR count). The quantitative estimate of drug-likeness (QED) is 0.336. The Balaban J connectivity index is 1.71. The smallest absolute Gasteiger partial charge is 0.272 e. The standard InChI is InChI=1S/C18H11BrClN3O4/c19-15-4-2-1-3-13(15)18(24)22-21-10-12-6-8-17(27-12)14-7-5-11(23(25)26)9-16(14)20/h1-10H,(H,22,24)/b21-10-. The van der Waals surface area contributed by atoms with Crippen molar-refractivity contribution in [3.63, 3.8) is 0 Å². The van der Waals surface area contributed by atoms with Crippen molar-refractivity contribution >= 4 is 45.3 Å². The maximum absolute atomic E-state index is 12.1. The van der Waals surface area contributed by atoms with Crippen molar-refractivity contribution in [3.8, 4) is 11.3 Å². The monoisotopic (exact) mass is 447 g/mol. The number of carbonyl (C=O) groups excluding carboxylic acids is 1. The number of carbonyl (C=O) groups is 1. The largest absolute Gasteiger partial charge is 0.455 e. The molecule has 0 aliphatic carbocycles. The second-order valence-corrected chi connectivity index (χ2v) is 6.56. The van der Waals surface area contributed by atoms with Crippen LogP contribution in [0, 0.1) is 10.1 Å². The van der Waals surface area contributed by atoms with Gasteiger partial charge < -0.3 is 4.42 Å². The van der Waals surface area contributed by atoms with E-state index in [0.29, 0.717) is 27.1 Å². The number of hydrogen-bond donors (Lipinski definition) is 1. The van der Waals surface area contributed by atoms with Gasteiger partial charge in [-0.2, -0.15) is 5.10 Å². The van der Waals surface area contributed by atoms with E-state index >= 15 is 0 Å². The third-order valence-electron chi connectivity index (χ3n) is 3.53. The minimum Gasteiger partial charge on any atom is -0.455 e. The number of rotatable bonds is 5. The molecule has 9 heteroatoms. The first-order valence-corrected chi connectivity index (χ1v) is 8.75. The SMILES string of the molecule is O=C(N/N=C\c1ccc(-c2ccc([N+](=O)[O-])cc2Cl)o1)c1ccccc1Br. The molecule has 136 valence electrons. The molecule has 0 fully saturated rings. The van der Waals surface area contributed by atoms with Crippen LogP contribution in [0.25, 0.3) is 11.3 Å². The van der Waals surface area contributed by atoms with Crippen molar-refractivity contribution in [2.24, 2.45) is 5.10 Å². The molecule has 1 N–H and O–H groups in total. The fourth-order valence-electron chi connectivity index (χ4n) is 2.24.